The van der Waals surface area contributed by atoms with Crippen molar-refractivity contribution >= 4 is 154 Å². The van der Waals surface area contributed by atoms with Gasteiger partial charge < -0.3 is 19.3 Å². The summed E-state index contributed by atoms with van der Waals surface area (Å²) in [6.45, 7) is 13.3. The van der Waals surface area contributed by atoms with Crippen molar-refractivity contribution in [1.82, 2.24) is 0 Å². The molecule has 17 aromatic carbocycles. The van der Waals surface area contributed by atoms with Crippen molar-refractivity contribution in [1.29, 1.82) is 0 Å². The molecule has 0 saturated carbocycles. The molecular weight excluding hydrogens is 1420 g/mol. The van der Waals surface area contributed by atoms with Gasteiger partial charge >= 0.3 is 0 Å². The van der Waals surface area contributed by atoms with E-state index in [1.54, 1.807) is 36.9 Å². The van der Waals surface area contributed by atoms with Gasteiger partial charge in [0.2, 0.25) is 0 Å². The molecule has 4 nitrogen and oxygen atoms in total. The van der Waals surface area contributed by atoms with Crippen molar-refractivity contribution in [3.8, 4) is 68.6 Å². The highest BCUT2D eigenvalue weighted by atomic mass is 32.1. The maximum Gasteiger partial charge on any atom is 0.136 e. The quantitative estimate of drug-likeness (QED) is 0.0848. The summed E-state index contributed by atoms with van der Waals surface area (Å²) in [5.41, 5.74) is 19.0. The molecule has 0 saturated heterocycles. The van der Waals surface area contributed by atoms with E-state index in [-0.39, 0.29) is 0 Å². The van der Waals surface area contributed by atoms with Gasteiger partial charge in [-0.1, -0.05) is 296 Å². The van der Waals surface area contributed by atoms with E-state index in [1.165, 1.54) is 130 Å². The first kappa shape index (κ1) is 71.1. The monoisotopic (exact) mass is 1500 g/mol. The third kappa shape index (κ3) is 12.3. The Morgan fingerprint density at radius 3 is 1.08 bits per heavy atom. The highest BCUT2D eigenvalue weighted by Crippen LogP contribution is 2.57. The molecule has 2 heterocycles. The number of benzene rings is 17. The fourth-order valence-electron chi connectivity index (χ4n) is 17.4. The highest BCUT2D eigenvalue weighted by molar-refractivity contribution is 7.13. The molecule has 19 aromatic rings. The van der Waals surface area contributed by atoms with E-state index in [1.807, 2.05) is 12.1 Å². The minimum absolute atomic E-state index is 0.473. The lowest BCUT2D eigenvalue weighted by Crippen LogP contribution is -2.11. The number of hydrogen-bond donors (Lipinski definition) is 0. The van der Waals surface area contributed by atoms with Crippen molar-refractivity contribution in [2.45, 2.75) is 66.2 Å². The Labute approximate surface area is 674 Å². The lowest BCUT2D eigenvalue weighted by Gasteiger charge is -2.29. The first-order chi connectivity index (χ1) is 56.0. The third-order valence-corrected chi connectivity index (χ3v) is 25.5. The lowest BCUT2D eigenvalue weighted by atomic mass is 9.88. The fourth-order valence-corrected chi connectivity index (χ4v) is 19.1. The minimum Gasteiger partial charge on any atom is -0.495 e. The summed E-state index contributed by atoms with van der Waals surface area (Å²) >= 11 is 3.51. The minimum atomic E-state index is 0.473. The number of aryl methyl sites for hydroxylation is 2. The molecule has 0 bridgehead atoms. The van der Waals surface area contributed by atoms with Gasteiger partial charge in [0.15, 0.2) is 0 Å². The number of nitrogens with zero attached hydrogens (tertiary/aromatic N) is 2. The Morgan fingerprint density at radius 2 is 0.667 bits per heavy atom. The predicted octanol–water partition coefficient (Wildman–Crippen LogP) is 30.3. The molecule has 0 radical (unpaired) electrons. The van der Waals surface area contributed by atoms with Crippen molar-refractivity contribution in [2.75, 3.05) is 24.0 Å². The highest BCUT2D eigenvalue weighted by Gasteiger charge is 2.30. The molecule has 1 aliphatic carbocycles. The van der Waals surface area contributed by atoms with Gasteiger partial charge in [0, 0.05) is 86.7 Å². The Balaban J connectivity index is 0.000000177. The zero-order chi connectivity index (χ0) is 77.2. The van der Waals surface area contributed by atoms with Crippen molar-refractivity contribution < 1.29 is 9.47 Å². The van der Waals surface area contributed by atoms with Crippen molar-refractivity contribution in [2.24, 2.45) is 0 Å². The average molecular weight is 1500 g/mol. The molecular formula is C108H82N2O2S2. The van der Waals surface area contributed by atoms with E-state index >= 15 is 0 Å². The zero-order valence-corrected chi connectivity index (χ0v) is 66.8. The standard InChI is InChI=1S/C70H50N2.C38H32O2S2/c1-3-45-28-34-52(35-29-45)71(69-56-20-9-5-16-48(56)42-49-17-6-10-21-57(49)69)54-38-32-47(33-39-54)66-60-24-13-14-25-61(60)67-63-41-40-55(44-65(63)62-26-15-27-64(66)68(62)67)72(53-36-30-46(4-2)31-37-53)70-58-22-11-7-18-50(58)43-51-19-8-12-23-59(51)70;1-23(2)33-21-17-25(41-33)15-19-29-27-11-7-8-12-28(27)30(20-16-26-18-22-34(42-26)24(3)4)36-35(29)37(39-5)31-13-9-10-14-32(31)38(36)40-6/h5-44H,3-4H2,1-2H3;7-14,17-18,21-24H,1-6H3. The number of fused-ring (bicyclic) bond motifs is 12. The van der Waals surface area contributed by atoms with E-state index in [9.17, 15) is 0 Å². The lowest BCUT2D eigenvalue weighted by molar-refractivity contribution is 0.417. The molecule has 0 unspecified atom stereocenters. The topological polar surface area (TPSA) is 24.9 Å². The zero-order valence-electron chi connectivity index (χ0n) is 65.1. The van der Waals surface area contributed by atoms with Crippen LogP contribution in [0.25, 0.3) is 130 Å². The van der Waals surface area contributed by atoms with Crippen molar-refractivity contribution in [3.63, 3.8) is 0 Å². The van der Waals surface area contributed by atoms with Crippen molar-refractivity contribution in [3.05, 3.63) is 357 Å². The summed E-state index contributed by atoms with van der Waals surface area (Å²) in [7, 11) is 3.47. The van der Waals surface area contributed by atoms with E-state index in [0.29, 0.717) is 11.8 Å². The third-order valence-electron chi connectivity index (χ3n) is 22.9. The van der Waals surface area contributed by atoms with Gasteiger partial charge in [0.1, 0.15) is 11.5 Å². The molecule has 548 valence electrons. The van der Waals surface area contributed by atoms with Crippen LogP contribution in [0.2, 0.25) is 0 Å². The maximum absolute atomic E-state index is 6.20. The summed E-state index contributed by atoms with van der Waals surface area (Å²) < 4.78 is 12.4. The molecule has 0 aliphatic heterocycles. The van der Waals surface area contributed by atoms with Gasteiger partial charge in [-0.2, -0.15) is 0 Å². The number of ether oxygens (including phenoxy) is 2. The van der Waals surface area contributed by atoms with E-state index in [2.05, 4.69) is 378 Å². The molecule has 114 heavy (non-hydrogen) atoms. The van der Waals surface area contributed by atoms with Crippen LogP contribution in [0.15, 0.2) is 315 Å². The molecule has 0 N–H and O–H groups in total. The van der Waals surface area contributed by atoms with Gasteiger partial charge in [-0.15, -0.1) is 22.7 Å². The van der Waals surface area contributed by atoms with Crippen LogP contribution in [0.1, 0.15) is 95.1 Å². The molecule has 0 amide bonds. The van der Waals surface area contributed by atoms with Gasteiger partial charge in [0.05, 0.1) is 35.3 Å². The molecule has 2 aromatic heterocycles. The summed E-state index contributed by atoms with van der Waals surface area (Å²) in [5.74, 6) is 16.7. The van der Waals surface area contributed by atoms with Gasteiger partial charge in [-0.3, -0.25) is 0 Å². The smallest absolute Gasteiger partial charge is 0.136 e. The van der Waals surface area contributed by atoms with Crippen LogP contribution in [0.5, 0.6) is 11.5 Å². The number of rotatable bonds is 13. The molecule has 6 heteroatoms. The van der Waals surface area contributed by atoms with E-state index in [4.69, 9.17) is 9.47 Å². The summed E-state index contributed by atoms with van der Waals surface area (Å²) in [6, 6.07) is 116. The predicted molar refractivity (Wildman–Crippen MR) is 490 cm³/mol. The van der Waals surface area contributed by atoms with Gasteiger partial charge in [-0.25, -0.2) is 0 Å². The summed E-state index contributed by atoms with van der Waals surface area (Å²) in [4.78, 5) is 9.73. The van der Waals surface area contributed by atoms with Gasteiger partial charge in [-0.05, 0) is 208 Å². The van der Waals surface area contributed by atoms with Crippen LogP contribution in [-0.2, 0) is 12.8 Å². The second-order valence-electron chi connectivity index (χ2n) is 30.2. The average Bonchev–Trinajstić information content (AvgIpc) is 1.46. The summed E-state index contributed by atoms with van der Waals surface area (Å²) in [6.07, 6.45) is 1.99. The number of hydrogen-bond acceptors (Lipinski definition) is 6. The van der Waals surface area contributed by atoms with Crippen LogP contribution >= 0.6 is 22.7 Å². The first-order valence-corrected chi connectivity index (χ1v) is 41.2. The molecule has 0 atom stereocenters. The Bertz CT molecular complexity index is 6910. The number of methoxy groups -OCH3 is 2. The number of thiophene rings is 2. The van der Waals surface area contributed by atoms with E-state index < -0.39 is 0 Å². The molecule has 0 fully saturated rings. The SMILES string of the molecule is CCc1ccc(N(c2ccc(-c3c4ccccc4c4c5c(cccc35)-c3cc(N(c5ccc(CC)cc5)c5c6ccccc6cc6ccccc56)ccc3-4)cc2)c2c3ccccc3cc3ccccc23)cc1.COc1c2ccccc2c(OC)c2c(C#Cc3ccc(C(C)C)s3)c3ccccc3c(C#Cc3ccc(C(C)C)s3)c12. The Hall–Kier alpha value is -13.2. The number of anilines is 6. The van der Waals surface area contributed by atoms with Crippen LogP contribution < -0.4 is 19.3 Å². The second kappa shape index (κ2) is 29.8. The van der Waals surface area contributed by atoms with Crippen LogP contribution in [0, 0.1) is 23.7 Å². The molecule has 20 rings (SSSR count). The maximum atomic E-state index is 6.20. The second-order valence-corrected chi connectivity index (χ2v) is 32.4. The largest absolute Gasteiger partial charge is 0.495 e. The fraction of sp³-hybridized carbons (Fsp3) is 0.111. The Morgan fingerprint density at radius 1 is 0.298 bits per heavy atom. The van der Waals surface area contributed by atoms with Crippen LogP contribution in [0.4, 0.5) is 34.1 Å². The van der Waals surface area contributed by atoms with E-state index in [0.717, 1.165) is 100 Å². The summed E-state index contributed by atoms with van der Waals surface area (Å²) in [5, 5.41) is 20.9. The van der Waals surface area contributed by atoms with Crippen LogP contribution in [-0.4, -0.2) is 14.2 Å². The normalized spacial score (nSPS) is 11.6. The first-order valence-electron chi connectivity index (χ1n) is 39.6. The van der Waals surface area contributed by atoms with Gasteiger partial charge in [0.25, 0.3) is 0 Å². The molecule has 0 spiro atoms. The Kier molecular flexibility index (Phi) is 18.6. The van der Waals surface area contributed by atoms with Crippen LogP contribution in [0.3, 0.4) is 0 Å². The molecule has 1 aliphatic rings.